The molecule has 12 rings (SSSR count). The van der Waals surface area contributed by atoms with E-state index >= 15 is 19.2 Å². The van der Waals surface area contributed by atoms with Crippen molar-refractivity contribution in [3.05, 3.63) is 431 Å². The van der Waals surface area contributed by atoms with Gasteiger partial charge in [0.05, 0.1) is 0 Å². The van der Waals surface area contributed by atoms with E-state index in [-0.39, 0.29) is 22.3 Å². The molecule has 0 amide bonds. The summed E-state index contributed by atoms with van der Waals surface area (Å²) in [6.07, 6.45) is 0. The zero-order chi connectivity index (χ0) is 63.6. The average Bonchev–Trinajstić information content (AvgIpc) is 0.958. The van der Waals surface area contributed by atoms with Crippen LogP contribution in [0.25, 0.3) is 44.6 Å². The maximum atomic E-state index is 16.9. The van der Waals surface area contributed by atoms with Crippen molar-refractivity contribution in [1.29, 1.82) is 0 Å². The van der Waals surface area contributed by atoms with Gasteiger partial charge in [-0.15, -0.1) is 0 Å². The van der Waals surface area contributed by atoms with Crippen LogP contribution in [0, 0.1) is 0 Å². The number of benzene rings is 12. The molecule has 0 bridgehead atoms. The van der Waals surface area contributed by atoms with E-state index < -0.39 is 43.9 Å². The summed E-state index contributed by atoms with van der Waals surface area (Å²) in [5, 5.41) is 0. The minimum atomic E-state index is -7.67. The van der Waals surface area contributed by atoms with E-state index in [1.54, 1.807) is 97.1 Å². The fourth-order valence-electron chi connectivity index (χ4n) is 11.3. The van der Waals surface area contributed by atoms with Crippen LogP contribution in [0.4, 0.5) is 0 Å². The first kappa shape index (κ1) is 61.5. The van der Waals surface area contributed by atoms with Crippen molar-refractivity contribution in [2.24, 2.45) is 0 Å². The Bertz CT molecular complexity index is 3880. The second-order valence-electron chi connectivity index (χ2n) is 21.5. The van der Waals surface area contributed by atoms with Crippen LogP contribution < -0.4 is 0 Å². The van der Waals surface area contributed by atoms with Crippen LogP contribution in [0.5, 0.6) is 0 Å². The number of carbonyl (C=O) groups is 4. The summed E-state index contributed by atoms with van der Waals surface area (Å²) in [5.41, 5.74) is 8.04. The molecule has 8 nitrogen and oxygen atoms in total. The first-order valence-electron chi connectivity index (χ1n) is 30.4. The molecule has 0 atom stereocenters. The van der Waals surface area contributed by atoms with Gasteiger partial charge in [0.1, 0.15) is 0 Å². The average molecular weight is 1320 g/mol. The molecule has 0 aliphatic heterocycles. The molecule has 12 aromatic rings. The Labute approximate surface area is 547 Å². The molecule has 0 spiro atoms. The van der Waals surface area contributed by atoms with Crippen LogP contribution in [0.3, 0.4) is 0 Å². The number of rotatable bonds is 20. The van der Waals surface area contributed by atoms with Crippen LogP contribution in [0.2, 0.25) is 0 Å². The minimum absolute atomic E-state index is 0.0218. The Morgan fingerprint density at radius 2 is 0.269 bits per heavy atom. The van der Waals surface area contributed by atoms with Crippen molar-refractivity contribution in [2.75, 3.05) is 0 Å². The summed E-state index contributed by atoms with van der Waals surface area (Å²) < 4.78 is 28.6. The predicted molar refractivity (Wildman–Crippen MR) is 371 cm³/mol. The quantitative estimate of drug-likeness (QED) is 0.0422. The zero-order valence-electron chi connectivity index (χ0n) is 50.4. The molecule has 0 unspecified atom stereocenters. The van der Waals surface area contributed by atoms with Crippen molar-refractivity contribution < 1.29 is 31.5 Å². The summed E-state index contributed by atoms with van der Waals surface area (Å²) in [6.45, 7) is 0. The van der Waals surface area contributed by atoms with Gasteiger partial charge in [0.2, 0.25) is 0 Å². The monoisotopic (exact) mass is 1320 g/mol. The summed E-state index contributed by atoms with van der Waals surface area (Å²) >= 11 is -7.67. The van der Waals surface area contributed by atoms with E-state index in [0.717, 1.165) is 0 Å². The van der Waals surface area contributed by atoms with E-state index in [2.05, 4.69) is 0 Å². The van der Waals surface area contributed by atoms with E-state index in [1.807, 2.05) is 267 Å². The molecule has 0 aliphatic rings. The fourth-order valence-corrected chi connectivity index (χ4v) is 15.8. The third-order valence-corrected chi connectivity index (χ3v) is 20.4. The molecule has 448 valence electrons. The number of hydrogen-bond acceptors (Lipinski definition) is 8. The van der Waals surface area contributed by atoms with Crippen LogP contribution in [-0.2, 0) is 31.5 Å². The molecule has 0 heterocycles. The van der Waals surface area contributed by atoms with Gasteiger partial charge in [-0.1, -0.05) is 0 Å². The van der Waals surface area contributed by atoms with Gasteiger partial charge in [-0.3, -0.25) is 0 Å². The van der Waals surface area contributed by atoms with Crippen molar-refractivity contribution >= 4 is 88.5 Å². The van der Waals surface area contributed by atoms with Crippen molar-refractivity contribution in [2.45, 2.75) is 0 Å². The topological polar surface area (TPSA) is 105 Å². The summed E-state index contributed by atoms with van der Waals surface area (Å²) in [5.74, 6) is -4.51. The Morgan fingerprint density at radius 3 is 0.387 bits per heavy atom. The third-order valence-electron chi connectivity index (χ3n) is 15.4. The Balaban J connectivity index is 1.20. The molecule has 12 aromatic carbocycles. The molecule has 93 heavy (non-hydrogen) atoms. The van der Waals surface area contributed by atoms with Gasteiger partial charge < -0.3 is 0 Å². The van der Waals surface area contributed by atoms with E-state index in [0.29, 0.717) is 89.1 Å². The van der Waals surface area contributed by atoms with Crippen molar-refractivity contribution in [3.8, 4) is 0 Å². The van der Waals surface area contributed by atoms with E-state index in [1.165, 1.54) is 0 Å². The molecule has 0 saturated heterocycles. The van der Waals surface area contributed by atoms with Gasteiger partial charge in [-0.25, -0.2) is 0 Å². The maximum absolute atomic E-state index is 16.9. The Hall–Kier alpha value is -11.7. The molecular weight excluding hydrogens is 1260 g/mol. The summed E-state index contributed by atoms with van der Waals surface area (Å²) in [7, 11) is 0. The van der Waals surface area contributed by atoms with Gasteiger partial charge in [-0.05, 0) is 0 Å². The second-order valence-corrected chi connectivity index (χ2v) is 26.6. The molecular formula is C84H60O8Sn. The van der Waals surface area contributed by atoms with Gasteiger partial charge in [0, 0.05) is 0 Å². The Kier molecular flexibility index (Phi) is 19.7. The molecule has 0 aliphatic carbocycles. The first-order valence-corrected chi connectivity index (χ1v) is 35.0. The van der Waals surface area contributed by atoms with Crippen molar-refractivity contribution in [1.82, 2.24) is 0 Å². The molecule has 0 aromatic heterocycles. The SMILES string of the molecule is O=C([O][Sn]([O]C(=O)C(=C(c1ccccc1)c1ccccc1)c1ccccc1)([O]C(=O)C(=C(c1ccccc1)c1ccccc1)c1ccccc1)[O]C(=O)C(=C(c1ccccc1)c1ccccc1)c1ccccc1)C(=C(c1ccccc1)c1ccccc1)c1ccccc1. The molecule has 0 saturated carbocycles. The number of carbonyl (C=O) groups excluding carboxylic acids is 4. The zero-order valence-corrected chi connectivity index (χ0v) is 53.3. The summed E-state index contributed by atoms with van der Waals surface area (Å²) in [4.78, 5) is 67.6. The first-order chi connectivity index (χ1) is 45.8. The Morgan fingerprint density at radius 1 is 0.161 bits per heavy atom. The molecule has 9 heteroatoms. The van der Waals surface area contributed by atoms with Gasteiger partial charge in [0.25, 0.3) is 0 Å². The fraction of sp³-hybridized carbons (Fsp3) is 0. The molecule has 0 N–H and O–H groups in total. The normalized spacial score (nSPS) is 10.8. The van der Waals surface area contributed by atoms with Gasteiger partial charge >= 0.3 is 551 Å². The van der Waals surface area contributed by atoms with Gasteiger partial charge in [0.15, 0.2) is 0 Å². The van der Waals surface area contributed by atoms with Crippen LogP contribution in [0.1, 0.15) is 66.8 Å². The van der Waals surface area contributed by atoms with E-state index in [4.69, 9.17) is 12.3 Å². The molecule has 0 fully saturated rings. The van der Waals surface area contributed by atoms with Crippen LogP contribution in [0.15, 0.2) is 364 Å². The molecule has 0 radical (unpaired) electrons. The predicted octanol–water partition coefficient (Wildman–Crippen LogP) is 18.2. The summed E-state index contributed by atoms with van der Waals surface area (Å²) in [6, 6.07) is 110. The standard InChI is InChI=1S/4C21H16O2.Sn/c4*22-21(23)20(18-14-8-3-9-15-18)19(16-10-4-1-5-11-16)17-12-6-2-7-13-17;/h4*1-15H,(H,22,23);/q;;;;+4/p-4. The van der Waals surface area contributed by atoms with Crippen LogP contribution in [-0.4, -0.2) is 43.9 Å². The van der Waals surface area contributed by atoms with E-state index in [9.17, 15) is 0 Å². The second kappa shape index (κ2) is 29.7. The van der Waals surface area contributed by atoms with Crippen molar-refractivity contribution in [3.63, 3.8) is 0 Å². The van der Waals surface area contributed by atoms with Crippen LogP contribution >= 0.6 is 0 Å². The van der Waals surface area contributed by atoms with Gasteiger partial charge in [-0.2, -0.15) is 0 Å². The number of hydrogen-bond donors (Lipinski definition) is 0. The third kappa shape index (κ3) is 14.5.